The van der Waals surface area contributed by atoms with Crippen LogP contribution in [0.3, 0.4) is 0 Å². The Kier molecular flexibility index (Phi) is 4.64. The summed E-state index contributed by atoms with van der Waals surface area (Å²) in [6.07, 6.45) is 4.40. The molecule has 4 heteroatoms. The molecule has 0 radical (unpaired) electrons. The fourth-order valence-electron chi connectivity index (χ4n) is 1.93. The standard InChI is InChI=1S/C15H20BrN3/c1-4-5-8-17-15-18-12(3)10-19(15)13-7-6-11(2)14(16)9-13/h6-7,9-10H,4-5,8H2,1-3H3,(H,17,18). The third-order valence-corrected chi connectivity index (χ3v) is 3.93. The van der Waals surface area contributed by atoms with Gasteiger partial charge in [0, 0.05) is 22.9 Å². The molecule has 2 rings (SSSR count). The minimum Gasteiger partial charge on any atom is -0.355 e. The molecule has 102 valence electrons. The first kappa shape index (κ1) is 14.1. The fourth-order valence-corrected chi connectivity index (χ4v) is 2.29. The van der Waals surface area contributed by atoms with E-state index in [0.29, 0.717) is 0 Å². The van der Waals surface area contributed by atoms with E-state index >= 15 is 0 Å². The minimum atomic E-state index is 0.918. The minimum absolute atomic E-state index is 0.918. The number of nitrogens with zero attached hydrogens (tertiary/aromatic N) is 2. The number of aryl methyl sites for hydroxylation is 2. The summed E-state index contributed by atoms with van der Waals surface area (Å²) >= 11 is 3.58. The lowest BCUT2D eigenvalue weighted by Crippen LogP contribution is -2.07. The predicted octanol–water partition coefficient (Wildman–Crippen LogP) is 4.46. The van der Waals surface area contributed by atoms with Crippen LogP contribution in [0.15, 0.2) is 28.9 Å². The predicted molar refractivity (Wildman–Crippen MR) is 84.1 cm³/mol. The van der Waals surface area contributed by atoms with Crippen LogP contribution in [0.2, 0.25) is 0 Å². The number of benzene rings is 1. The number of unbranched alkanes of at least 4 members (excludes halogenated alkanes) is 1. The van der Waals surface area contributed by atoms with Crippen molar-refractivity contribution in [1.82, 2.24) is 9.55 Å². The second-order valence-corrected chi connectivity index (χ2v) is 5.64. The number of anilines is 1. The number of rotatable bonds is 5. The van der Waals surface area contributed by atoms with Crippen LogP contribution in [-0.4, -0.2) is 16.1 Å². The van der Waals surface area contributed by atoms with Crippen molar-refractivity contribution in [3.8, 4) is 5.69 Å². The summed E-state index contributed by atoms with van der Waals surface area (Å²) in [5.41, 5.74) is 3.38. The molecular formula is C15H20BrN3. The molecule has 0 amide bonds. The molecule has 1 heterocycles. The van der Waals surface area contributed by atoms with Gasteiger partial charge >= 0.3 is 0 Å². The van der Waals surface area contributed by atoms with Crippen LogP contribution in [0.1, 0.15) is 31.0 Å². The van der Waals surface area contributed by atoms with Gasteiger partial charge in [0.15, 0.2) is 0 Å². The average molecular weight is 322 g/mol. The van der Waals surface area contributed by atoms with Crippen LogP contribution in [0.4, 0.5) is 5.95 Å². The van der Waals surface area contributed by atoms with Gasteiger partial charge in [0.2, 0.25) is 5.95 Å². The topological polar surface area (TPSA) is 29.9 Å². The first-order valence-corrected chi connectivity index (χ1v) is 7.47. The Morgan fingerprint density at radius 2 is 2.11 bits per heavy atom. The van der Waals surface area contributed by atoms with Crippen molar-refractivity contribution in [1.29, 1.82) is 0 Å². The quantitative estimate of drug-likeness (QED) is 0.824. The smallest absolute Gasteiger partial charge is 0.207 e. The molecule has 0 fully saturated rings. The lowest BCUT2D eigenvalue weighted by atomic mass is 10.2. The van der Waals surface area contributed by atoms with Gasteiger partial charge in [-0.05, 0) is 38.0 Å². The third kappa shape index (κ3) is 3.38. The molecule has 19 heavy (non-hydrogen) atoms. The fraction of sp³-hybridized carbons (Fsp3) is 0.400. The molecule has 0 unspecified atom stereocenters. The highest BCUT2D eigenvalue weighted by Crippen LogP contribution is 2.23. The number of aromatic nitrogens is 2. The molecule has 0 aliphatic carbocycles. The van der Waals surface area contributed by atoms with E-state index in [2.05, 4.69) is 69.0 Å². The van der Waals surface area contributed by atoms with Crippen LogP contribution in [0.5, 0.6) is 0 Å². The molecular weight excluding hydrogens is 302 g/mol. The van der Waals surface area contributed by atoms with Crippen molar-refractivity contribution < 1.29 is 0 Å². The number of halogens is 1. The van der Waals surface area contributed by atoms with Crippen LogP contribution < -0.4 is 5.32 Å². The van der Waals surface area contributed by atoms with E-state index < -0.39 is 0 Å². The Hall–Kier alpha value is -1.29. The average Bonchev–Trinajstić information content (AvgIpc) is 2.74. The van der Waals surface area contributed by atoms with Crippen molar-refractivity contribution in [3.63, 3.8) is 0 Å². The molecule has 0 saturated carbocycles. The maximum atomic E-state index is 4.55. The molecule has 1 aromatic heterocycles. The second-order valence-electron chi connectivity index (χ2n) is 4.79. The van der Waals surface area contributed by atoms with Crippen molar-refractivity contribution in [2.75, 3.05) is 11.9 Å². The highest BCUT2D eigenvalue weighted by Gasteiger charge is 2.08. The highest BCUT2D eigenvalue weighted by atomic mass is 79.9. The van der Waals surface area contributed by atoms with Crippen LogP contribution >= 0.6 is 15.9 Å². The van der Waals surface area contributed by atoms with E-state index in [-0.39, 0.29) is 0 Å². The van der Waals surface area contributed by atoms with Gasteiger partial charge in [0.05, 0.1) is 5.69 Å². The van der Waals surface area contributed by atoms with E-state index in [1.54, 1.807) is 0 Å². The summed E-state index contributed by atoms with van der Waals surface area (Å²) in [5.74, 6) is 0.918. The Labute approximate surface area is 123 Å². The lowest BCUT2D eigenvalue weighted by Gasteiger charge is -2.10. The zero-order valence-electron chi connectivity index (χ0n) is 11.7. The Morgan fingerprint density at radius 1 is 1.32 bits per heavy atom. The zero-order chi connectivity index (χ0) is 13.8. The van der Waals surface area contributed by atoms with Crippen LogP contribution in [0, 0.1) is 13.8 Å². The van der Waals surface area contributed by atoms with Gasteiger partial charge in [0.25, 0.3) is 0 Å². The van der Waals surface area contributed by atoms with Gasteiger partial charge in [-0.15, -0.1) is 0 Å². The molecule has 0 aliphatic heterocycles. The molecule has 1 aromatic carbocycles. The van der Waals surface area contributed by atoms with Crippen LogP contribution in [0.25, 0.3) is 5.69 Å². The maximum absolute atomic E-state index is 4.55. The zero-order valence-corrected chi connectivity index (χ0v) is 13.3. The maximum Gasteiger partial charge on any atom is 0.207 e. The van der Waals surface area contributed by atoms with Gasteiger partial charge in [-0.3, -0.25) is 4.57 Å². The van der Waals surface area contributed by atoms with Crippen molar-refractivity contribution in [3.05, 3.63) is 40.1 Å². The number of hydrogen-bond donors (Lipinski definition) is 1. The largest absolute Gasteiger partial charge is 0.355 e. The van der Waals surface area contributed by atoms with Gasteiger partial charge < -0.3 is 5.32 Å². The Morgan fingerprint density at radius 3 is 2.79 bits per heavy atom. The summed E-state index contributed by atoms with van der Waals surface area (Å²) in [6.45, 7) is 7.26. The second kappa shape index (κ2) is 6.24. The van der Waals surface area contributed by atoms with E-state index in [9.17, 15) is 0 Å². The van der Waals surface area contributed by atoms with E-state index in [1.807, 2.05) is 6.92 Å². The van der Waals surface area contributed by atoms with Gasteiger partial charge in [-0.25, -0.2) is 4.98 Å². The number of imidazole rings is 1. The monoisotopic (exact) mass is 321 g/mol. The molecule has 2 aromatic rings. The molecule has 1 N–H and O–H groups in total. The normalized spacial score (nSPS) is 10.7. The molecule has 0 atom stereocenters. The summed E-state index contributed by atoms with van der Waals surface area (Å²) in [6, 6.07) is 6.36. The van der Waals surface area contributed by atoms with Crippen LogP contribution in [-0.2, 0) is 0 Å². The van der Waals surface area contributed by atoms with Gasteiger partial charge in [-0.2, -0.15) is 0 Å². The van der Waals surface area contributed by atoms with E-state index in [4.69, 9.17) is 0 Å². The Balaban J connectivity index is 2.29. The SMILES string of the molecule is CCCCNc1nc(C)cn1-c1ccc(C)c(Br)c1. The molecule has 0 spiro atoms. The Bertz CT molecular complexity index is 561. The molecule has 0 saturated heterocycles. The summed E-state index contributed by atoms with van der Waals surface area (Å²) in [7, 11) is 0. The van der Waals surface area contributed by atoms with Crippen molar-refractivity contribution >= 4 is 21.9 Å². The van der Waals surface area contributed by atoms with Crippen molar-refractivity contribution in [2.24, 2.45) is 0 Å². The summed E-state index contributed by atoms with van der Waals surface area (Å²) < 4.78 is 3.23. The van der Waals surface area contributed by atoms with Gasteiger partial charge in [0.1, 0.15) is 0 Å². The van der Waals surface area contributed by atoms with Crippen molar-refractivity contribution in [2.45, 2.75) is 33.6 Å². The van der Waals surface area contributed by atoms with E-state index in [1.165, 1.54) is 12.0 Å². The molecule has 0 bridgehead atoms. The first-order valence-electron chi connectivity index (χ1n) is 6.68. The summed E-state index contributed by atoms with van der Waals surface area (Å²) in [5, 5.41) is 3.40. The number of hydrogen-bond acceptors (Lipinski definition) is 2. The molecule has 3 nitrogen and oxygen atoms in total. The third-order valence-electron chi connectivity index (χ3n) is 3.07. The van der Waals surface area contributed by atoms with E-state index in [0.717, 1.165) is 34.8 Å². The molecule has 0 aliphatic rings. The summed E-state index contributed by atoms with van der Waals surface area (Å²) in [4.78, 5) is 4.55. The number of nitrogens with one attached hydrogen (secondary N) is 1. The highest BCUT2D eigenvalue weighted by molar-refractivity contribution is 9.10. The lowest BCUT2D eigenvalue weighted by molar-refractivity contribution is 0.823. The first-order chi connectivity index (χ1) is 9.11. The van der Waals surface area contributed by atoms with Gasteiger partial charge in [-0.1, -0.05) is 35.3 Å².